The molecule has 1 amide bonds. The summed E-state index contributed by atoms with van der Waals surface area (Å²) in [6, 6.07) is 4.46. The molecule has 0 saturated carbocycles. The van der Waals surface area contributed by atoms with E-state index in [0.717, 1.165) is 0 Å². The minimum absolute atomic E-state index is 0.0780. The fraction of sp³-hybridized carbons (Fsp3) is 0.333. The van der Waals surface area contributed by atoms with E-state index >= 15 is 0 Å². The maximum atomic E-state index is 11.7. The fourth-order valence-electron chi connectivity index (χ4n) is 1.46. The van der Waals surface area contributed by atoms with Crippen LogP contribution in [-0.2, 0) is 9.53 Å². The van der Waals surface area contributed by atoms with Gasteiger partial charge >= 0.3 is 5.97 Å². The Morgan fingerprint density at radius 3 is 2.61 bits per heavy atom. The maximum absolute atomic E-state index is 11.7. The molecule has 0 aromatic heterocycles. The molecule has 0 saturated heterocycles. The minimum Gasteiger partial charge on any atom is -0.478 e. The highest BCUT2D eigenvalue weighted by molar-refractivity contribution is 5.96. The highest BCUT2D eigenvalue weighted by Gasteiger charge is 2.16. The van der Waals surface area contributed by atoms with E-state index in [1.165, 1.54) is 19.2 Å². The molecule has 0 aliphatic rings. The van der Waals surface area contributed by atoms with E-state index in [1.54, 1.807) is 13.0 Å². The Kier molecular flexibility index (Phi) is 4.82. The van der Waals surface area contributed by atoms with Crippen LogP contribution in [0.3, 0.4) is 0 Å². The average molecular weight is 252 g/mol. The number of anilines is 1. The van der Waals surface area contributed by atoms with E-state index in [2.05, 4.69) is 5.32 Å². The summed E-state index contributed by atoms with van der Waals surface area (Å²) in [5.41, 5.74) is 6.75. The van der Waals surface area contributed by atoms with Gasteiger partial charge in [-0.05, 0) is 30.7 Å². The van der Waals surface area contributed by atoms with Crippen LogP contribution >= 0.6 is 0 Å². The van der Waals surface area contributed by atoms with Gasteiger partial charge in [0.15, 0.2) is 0 Å². The lowest BCUT2D eigenvalue weighted by Gasteiger charge is -2.14. The molecular formula is C12H16N2O4. The van der Waals surface area contributed by atoms with E-state index in [4.69, 9.17) is 15.6 Å². The largest absolute Gasteiger partial charge is 0.478 e. The molecule has 1 aromatic carbocycles. The third-order valence-corrected chi connectivity index (χ3v) is 2.52. The number of benzene rings is 1. The van der Waals surface area contributed by atoms with Crippen molar-refractivity contribution in [1.29, 1.82) is 0 Å². The molecular weight excluding hydrogens is 236 g/mol. The number of hydrogen-bond donors (Lipinski definition) is 3. The van der Waals surface area contributed by atoms with Gasteiger partial charge in [-0.15, -0.1) is 0 Å². The monoisotopic (exact) mass is 252 g/mol. The predicted molar refractivity (Wildman–Crippen MR) is 66.6 cm³/mol. The van der Waals surface area contributed by atoms with Crippen LogP contribution in [0.2, 0.25) is 0 Å². The summed E-state index contributed by atoms with van der Waals surface area (Å²) in [5, 5.41) is 11.5. The number of ether oxygens (including phenoxy) is 1. The standard InChI is InChI=1S/C12H16N2O4/c1-7-5-8(12(16)17)3-4-9(7)14-11(15)10(6-13)18-2/h3-5,10H,6,13H2,1-2H3,(H,14,15)(H,16,17). The van der Waals surface area contributed by atoms with Gasteiger partial charge in [0.2, 0.25) is 0 Å². The summed E-state index contributed by atoms with van der Waals surface area (Å²) in [6.45, 7) is 1.79. The number of methoxy groups -OCH3 is 1. The first-order valence-electron chi connectivity index (χ1n) is 5.37. The molecule has 0 aliphatic carbocycles. The van der Waals surface area contributed by atoms with Gasteiger partial charge in [-0.2, -0.15) is 0 Å². The molecule has 0 aliphatic heterocycles. The van der Waals surface area contributed by atoms with Gasteiger partial charge in [0.25, 0.3) is 5.91 Å². The number of aryl methyl sites for hydroxylation is 1. The number of carboxylic acid groups (broad SMARTS) is 1. The summed E-state index contributed by atoms with van der Waals surface area (Å²) in [4.78, 5) is 22.5. The minimum atomic E-state index is -1.01. The van der Waals surface area contributed by atoms with Crippen LogP contribution in [-0.4, -0.2) is 36.7 Å². The van der Waals surface area contributed by atoms with Crippen LogP contribution in [0.25, 0.3) is 0 Å². The van der Waals surface area contributed by atoms with Gasteiger partial charge in [0.05, 0.1) is 5.56 Å². The molecule has 1 unspecified atom stereocenters. The van der Waals surface area contributed by atoms with Gasteiger partial charge in [-0.3, -0.25) is 4.79 Å². The smallest absolute Gasteiger partial charge is 0.335 e. The number of nitrogens with two attached hydrogens (primary N) is 1. The number of aromatic carboxylic acids is 1. The second kappa shape index (κ2) is 6.13. The highest BCUT2D eigenvalue weighted by Crippen LogP contribution is 2.17. The Morgan fingerprint density at radius 2 is 2.17 bits per heavy atom. The number of carbonyl (C=O) groups excluding carboxylic acids is 1. The predicted octanol–water partition coefficient (Wildman–Crippen LogP) is 0.605. The van der Waals surface area contributed by atoms with Gasteiger partial charge in [-0.1, -0.05) is 0 Å². The summed E-state index contributed by atoms with van der Waals surface area (Å²) >= 11 is 0. The number of carbonyl (C=O) groups is 2. The zero-order valence-electron chi connectivity index (χ0n) is 10.3. The first kappa shape index (κ1) is 14.1. The number of rotatable bonds is 5. The lowest BCUT2D eigenvalue weighted by atomic mass is 10.1. The average Bonchev–Trinajstić information content (AvgIpc) is 2.33. The molecule has 0 spiro atoms. The van der Waals surface area contributed by atoms with E-state index in [1.807, 2.05) is 0 Å². The molecule has 6 nitrogen and oxygen atoms in total. The molecule has 0 bridgehead atoms. The second-order valence-corrected chi connectivity index (χ2v) is 3.78. The van der Waals surface area contributed by atoms with Gasteiger partial charge in [-0.25, -0.2) is 4.79 Å². The number of hydrogen-bond acceptors (Lipinski definition) is 4. The Hall–Kier alpha value is -1.92. The topological polar surface area (TPSA) is 102 Å². The van der Waals surface area contributed by atoms with E-state index < -0.39 is 12.1 Å². The molecule has 0 fully saturated rings. The van der Waals surface area contributed by atoms with E-state index in [9.17, 15) is 9.59 Å². The van der Waals surface area contributed by atoms with Crippen LogP contribution in [0.15, 0.2) is 18.2 Å². The zero-order valence-corrected chi connectivity index (χ0v) is 10.3. The SMILES string of the molecule is COC(CN)C(=O)Nc1ccc(C(=O)O)cc1C. The van der Waals surface area contributed by atoms with Crippen molar-refractivity contribution in [2.75, 3.05) is 19.0 Å². The van der Waals surface area contributed by atoms with Crippen LogP contribution in [0, 0.1) is 6.92 Å². The first-order valence-corrected chi connectivity index (χ1v) is 5.37. The molecule has 4 N–H and O–H groups in total. The molecule has 0 heterocycles. The third kappa shape index (κ3) is 3.28. The molecule has 1 aromatic rings. The lowest BCUT2D eigenvalue weighted by molar-refractivity contribution is -0.125. The molecule has 98 valence electrons. The fourth-order valence-corrected chi connectivity index (χ4v) is 1.46. The van der Waals surface area contributed by atoms with Gasteiger partial charge < -0.3 is 20.9 Å². The molecule has 1 atom stereocenters. The molecule has 18 heavy (non-hydrogen) atoms. The van der Waals surface area contributed by atoms with Crippen molar-refractivity contribution in [2.24, 2.45) is 5.73 Å². The Morgan fingerprint density at radius 1 is 1.50 bits per heavy atom. The number of nitrogens with one attached hydrogen (secondary N) is 1. The molecule has 0 radical (unpaired) electrons. The van der Waals surface area contributed by atoms with Crippen molar-refractivity contribution in [2.45, 2.75) is 13.0 Å². The Balaban J connectivity index is 2.86. The Labute approximate surface area is 105 Å². The first-order chi connectivity index (χ1) is 8.49. The van der Waals surface area contributed by atoms with Crippen molar-refractivity contribution in [1.82, 2.24) is 0 Å². The van der Waals surface area contributed by atoms with Crippen molar-refractivity contribution in [3.8, 4) is 0 Å². The van der Waals surface area contributed by atoms with Crippen LogP contribution in [0.1, 0.15) is 15.9 Å². The van der Waals surface area contributed by atoms with Crippen molar-refractivity contribution in [3.63, 3.8) is 0 Å². The van der Waals surface area contributed by atoms with Crippen LogP contribution in [0.5, 0.6) is 0 Å². The van der Waals surface area contributed by atoms with Gasteiger partial charge in [0.1, 0.15) is 6.10 Å². The molecule has 6 heteroatoms. The zero-order chi connectivity index (χ0) is 13.7. The van der Waals surface area contributed by atoms with Crippen molar-refractivity contribution >= 4 is 17.6 Å². The normalized spacial score (nSPS) is 11.9. The number of carboxylic acids is 1. The van der Waals surface area contributed by atoms with E-state index in [0.29, 0.717) is 11.3 Å². The lowest BCUT2D eigenvalue weighted by Crippen LogP contribution is -2.36. The summed E-state index contributed by atoms with van der Waals surface area (Å²) in [6.07, 6.45) is -0.719. The van der Waals surface area contributed by atoms with Crippen LogP contribution in [0.4, 0.5) is 5.69 Å². The van der Waals surface area contributed by atoms with Crippen LogP contribution < -0.4 is 11.1 Å². The summed E-state index contributed by atoms with van der Waals surface area (Å²) in [7, 11) is 1.40. The number of amides is 1. The van der Waals surface area contributed by atoms with Crippen molar-refractivity contribution in [3.05, 3.63) is 29.3 Å². The van der Waals surface area contributed by atoms with E-state index in [-0.39, 0.29) is 18.0 Å². The quantitative estimate of drug-likeness (QED) is 0.712. The van der Waals surface area contributed by atoms with Crippen molar-refractivity contribution < 1.29 is 19.4 Å². The second-order valence-electron chi connectivity index (χ2n) is 3.78. The summed E-state index contributed by atoms with van der Waals surface area (Å²) in [5.74, 6) is -1.36. The Bertz CT molecular complexity index is 455. The highest BCUT2D eigenvalue weighted by atomic mass is 16.5. The summed E-state index contributed by atoms with van der Waals surface area (Å²) < 4.78 is 4.90. The maximum Gasteiger partial charge on any atom is 0.335 e. The molecule has 1 rings (SSSR count). The van der Waals surface area contributed by atoms with Gasteiger partial charge in [0, 0.05) is 19.3 Å². The third-order valence-electron chi connectivity index (χ3n) is 2.52.